The molecule has 1 aliphatic rings. The van der Waals surface area contributed by atoms with Gasteiger partial charge in [-0.25, -0.2) is 4.79 Å². The number of nitrogens with two attached hydrogens (primary N) is 1. The van der Waals surface area contributed by atoms with E-state index < -0.39 is 12.1 Å². The first-order valence-electron chi connectivity index (χ1n) is 7.29. The van der Waals surface area contributed by atoms with E-state index in [1.54, 1.807) is 6.92 Å². The standard InChI is InChI=1S/C14H26N2O3S/c1-4-19-14(18)11(8-10-6-5-7-20-10)16-13(17)12(15)9(2)3/h9-12H,4-8,15H2,1-3H3,(H,16,17)/t10-,11?,12-/m0/s1. The van der Waals surface area contributed by atoms with Gasteiger partial charge in [-0.2, -0.15) is 11.8 Å². The predicted molar refractivity (Wildman–Crippen MR) is 81.5 cm³/mol. The van der Waals surface area contributed by atoms with Gasteiger partial charge in [-0.15, -0.1) is 0 Å². The lowest BCUT2D eigenvalue weighted by Crippen LogP contribution is -2.51. The Morgan fingerprint density at radius 3 is 2.65 bits per heavy atom. The lowest BCUT2D eigenvalue weighted by molar-refractivity contribution is -0.147. The first-order valence-corrected chi connectivity index (χ1v) is 8.34. The Balaban J connectivity index is 2.61. The van der Waals surface area contributed by atoms with Crippen LogP contribution in [-0.2, 0) is 14.3 Å². The van der Waals surface area contributed by atoms with Gasteiger partial charge in [0, 0.05) is 5.25 Å². The molecule has 5 nitrogen and oxygen atoms in total. The van der Waals surface area contributed by atoms with Gasteiger partial charge in [0.15, 0.2) is 0 Å². The summed E-state index contributed by atoms with van der Waals surface area (Å²) in [5.74, 6) is 0.531. The average molecular weight is 302 g/mol. The molecule has 0 saturated carbocycles. The molecule has 116 valence electrons. The third-order valence-electron chi connectivity index (χ3n) is 3.43. The van der Waals surface area contributed by atoms with Crippen molar-refractivity contribution in [2.75, 3.05) is 12.4 Å². The van der Waals surface area contributed by atoms with Crippen molar-refractivity contribution in [1.82, 2.24) is 5.32 Å². The van der Waals surface area contributed by atoms with Crippen LogP contribution in [0, 0.1) is 5.92 Å². The van der Waals surface area contributed by atoms with Crippen LogP contribution >= 0.6 is 11.8 Å². The zero-order valence-electron chi connectivity index (χ0n) is 12.6. The molecule has 1 aliphatic heterocycles. The fourth-order valence-electron chi connectivity index (χ4n) is 2.12. The van der Waals surface area contributed by atoms with Crippen molar-refractivity contribution in [2.24, 2.45) is 11.7 Å². The normalized spacial score (nSPS) is 21.6. The predicted octanol–water partition coefficient (Wildman–Crippen LogP) is 1.30. The third-order valence-corrected chi connectivity index (χ3v) is 4.86. The van der Waals surface area contributed by atoms with Gasteiger partial charge in [-0.1, -0.05) is 13.8 Å². The largest absolute Gasteiger partial charge is 0.464 e. The summed E-state index contributed by atoms with van der Waals surface area (Å²) in [5.41, 5.74) is 5.82. The zero-order valence-corrected chi connectivity index (χ0v) is 13.4. The molecule has 1 saturated heterocycles. The molecule has 3 N–H and O–H groups in total. The molecule has 1 rings (SSSR count). The van der Waals surface area contributed by atoms with Crippen molar-refractivity contribution < 1.29 is 14.3 Å². The van der Waals surface area contributed by atoms with Gasteiger partial charge < -0.3 is 15.8 Å². The number of hydrogen-bond acceptors (Lipinski definition) is 5. The van der Waals surface area contributed by atoms with Crippen LogP contribution in [0.4, 0.5) is 0 Å². The fourth-order valence-corrected chi connectivity index (χ4v) is 3.45. The summed E-state index contributed by atoms with van der Waals surface area (Å²) in [7, 11) is 0. The quantitative estimate of drug-likeness (QED) is 0.693. The van der Waals surface area contributed by atoms with E-state index >= 15 is 0 Å². The van der Waals surface area contributed by atoms with Crippen LogP contribution in [0.1, 0.15) is 40.0 Å². The first-order chi connectivity index (χ1) is 9.45. The topological polar surface area (TPSA) is 81.4 Å². The van der Waals surface area contributed by atoms with Gasteiger partial charge in [0.25, 0.3) is 0 Å². The number of thioether (sulfide) groups is 1. The Morgan fingerprint density at radius 1 is 1.45 bits per heavy atom. The Bertz CT molecular complexity index is 330. The van der Waals surface area contributed by atoms with Crippen LogP contribution in [0.3, 0.4) is 0 Å². The lowest BCUT2D eigenvalue weighted by atomic mass is 10.0. The van der Waals surface area contributed by atoms with Gasteiger partial charge >= 0.3 is 5.97 Å². The highest BCUT2D eigenvalue weighted by molar-refractivity contribution is 8.00. The minimum absolute atomic E-state index is 0.0405. The summed E-state index contributed by atoms with van der Waals surface area (Å²) >= 11 is 1.86. The molecule has 0 radical (unpaired) electrons. The van der Waals surface area contributed by atoms with Crippen molar-refractivity contribution >= 4 is 23.6 Å². The second kappa shape index (κ2) is 8.52. The van der Waals surface area contributed by atoms with Gasteiger partial charge in [0.1, 0.15) is 6.04 Å². The van der Waals surface area contributed by atoms with Crippen LogP contribution in [0.5, 0.6) is 0 Å². The molecule has 1 heterocycles. The van der Waals surface area contributed by atoms with Crippen molar-refractivity contribution in [3.05, 3.63) is 0 Å². The Labute approximate surface area is 125 Å². The van der Waals surface area contributed by atoms with Crippen molar-refractivity contribution in [1.29, 1.82) is 0 Å². The van der Waals surface area contributed by atoms with Gasteiger partial charge in [-0.05, 0) is 37.9 Å². The molecule has 0 aromatic rings. The van der Waals surface area contributed by atoms with E-state index in [4.69, 9.17) is 10.5 Å². The van der Waals surface area contributed by atoms with Crippen molar-refractivity contribution in [3.63, 3.8) is 0 Å². The maximum atomic E-state index is 12.0. The van der Waals surface area contributed by atoms with E-state index in [-0.39, 0.29) is 17.8 Å². The van der Waals surface area contributed by atoms with Gasteiger partial charge in [0.2, 0.25) is 5.91 Å². The van der Waals surface area contributed by atoms with Gasteiger partial charge in [0.05, 0.1) is 12.6 Å². The second-order valence-corrected chi connectivity index (χ2v) is 6.86. The van der Waals surface area contributed by atoms with Crippen molar-refractivity contribution in [2.45, 2.75) is 57.4 Å². The molecule has 0 bridgehead atoms. The average Bonchev–Trinajstić information content (AvgIpc) is 2.90. The van der Waals surface area contributed by atoms with Crippen LogP contribution in [0.25, 0.3) is 0 Å². The van der Waals surface area contributed by atoms with E-state index in [1.807, 2.05) is 25.6 Å². The number of ether oxygens (including phenoxy) is 1. The number of carbonyl (C=O) groups is 2. The van der Waals surface area contributed by atoms with E-state index in [0.717, 1.165) is 12.2 Å². The maximum Gasteiger partial charge on any atom is 0.328 e. The molecule has 3 atom stereocenters. The molecule has 0 spiro atoms. The number of hydrogen-bond donors (Lipinski definition) is 2. The van der Waals surface area contributed by atoms with Crippen LogP contribution in [0.15, 0.2) is 0 Å². The molecule has 1 fully saturated rings. The highest BCUT2D eigenvalue weighted by Gasteiger charge is 2.29. The SMILES string of the molecule is CCOC(=O)C(C[C@@H]1CCCS1)NC(=O)[C@@H](N)C(C)C. The highest BCUT2D eigenvalue weighted by atomic mass is 32.2. The molecule has 0 aromatic heterocycles. The number of amides is 1. The molecule has 1 unspecified atom stereocenters. The molecule has 1 amide bonds. The molecule has 6 heteroatoms. The highest BCUT2D eigenvalue weighted by Crippen LogP contribution is 2.29. The minimum Gasteiger partial charge on any atom is -0.464 e. The Morgan fingerprint density at radius 2 is 2.15 bits per heavy atom. The first kappa shape index (κ1) is 17.3. The van der Waals surface area contributed by atoms with E-state index in [2.05, 4.69) is 5.32 Å². The van der Waals surface area contributed by atoms with E-state index in [9.17, 15) is 9.59 Å². The third kappa shape index (κ3) is 5.32. The lowest BCUT2D eigenvalue weighted by Gasteiger charge is -2.23. The Kier molecular flexibility index (Phi) is 7.37. The maximum absolute atomic E-state index is 12.0. The molecular formula is C14H26N2O3S. The Hall–Kier alpha value is -0.750. The molecule has 20 heavy (non-hydrogen) atoms. The summed E-state index contributed by atoms with van der Waals surface area (Å²) in [6, 6.07) is -1.17. The molecule has 0 aromatic carbocycles. The van der Waals surface area contributed by atoms with Crippen LogP contribution in [-0.4, -0.2) is 41.6 Å². The van der Waals surface area contributed by atoms with Crippen LogP contribution in [0.2, 0.25) is 0 Å². The van der Waals surface area contributed by atoms with Gasteiger partial charge in [-0.3, -0.25) is 4.79 Å². The minimum atomic E-state index is -0.594. The number of rotatable bonds is 7. The number of carbonyl (C=O) groups excluding carboxylic acids is 2. The summed E-state index contributed by atoms with van der Waals surface area (Å²) in [6.45, 7) is 5.85. The monoisotopic (exact) mass is 302 g/mol. The van der Waals surface area contributed by atoms with E-state index in [1.165, 1.54) is 6.42 Å². The zero-order chi connectivity index (χ0) is 15.1. The summed E-state index contributed by atoms with van der Waals surface area (Å²) < 4.78 is 5.05. The van der Waals surface area contributed by atoms with Crippen LogP contribution < -0.4 is 11.1 Å². The number of esters is 1. The smallest absolute Gasteiger partial charge is 0.328 e. The fraction of sp³-hybridized carbons (Fsp3) is 0.857. The molecular weight excluding hydrogens is 276 g/mol. The van der Waals surface area contributed by atoms with Crippen molar-refractivity contribution in [3.8, 4) is 0 Å². The summed E-state index contributed by atoms with van der Waals surface area (Å²) in [6.07, 6.45) is 2.89. The summed E-state index contributed by atoms with van der Waals surface area (Å²) in [4.78, 5) is 24.0. The second-order valence-electron chi connectivity index (χ2n) is 5.45. The summed E-state index contributed by atoms with van der Waals surface area (Å²) in [5, 5.41) is 3.17. The van der Waals surface area contributed by atoms with E-state index in [0.29, 0.717) is 18.3 Å². The number of nitrogens with one attached hydrogen (secondary N) is 1. The molecule has 0 aliphatic carbocycles.